The van der Waals surface area contributed by atoms with Crippen molar-refractivity contribution >= 4 is 79.5 Å². The van der Waals surface area contributed by atoms with Crippen molar-refractivity contribution in [2.75, 3.05) is 0 Å². The van der Waals surface area contributed by atoms with E-state index < -0.39 is 20.2 Å². The molecule has 0 atom stereocenters. The van der Waals surface area contributed by atoms with E-state index in [2.05, 4.69) is 39.8 Å². The zero-order valence-electron chi connectivity index (χ0n) is 27.2. The van der Waals surface area contributed by atoms with Crippen LogP contribution in [-0.4, -0.2) is 63.7 Å². The fourth-order valence-corrected chi connectivity index (χ4v) is 6.89. The van der Waals surface area contributed by atoms with Gasteiger partial charge in [0.2, 0.25) is 0 Å². The first-order valence-electron chi connectivity index (χ1n) is 15.9. The summed E-state index contributed by atoms with van der Waals surface area (Å²) in [5.74, 6) is 0. The van der Waals surface area contributed by atoms with E-state index in [9.17, 15) is 25.9 Å². The third kappa shape index (κ3) is 11.3. The summed E-state index contributed by atoms with van der Waals surface area (Å²) in [6.07, 6.45) is 12.2. The summed E-state index contributed by atoms with van der Waals surface area (Å²) in [6, 6.07) is 18.3. The second-order valence-corrected chi connectivity index (χ2v) is 14.2. The van der Waals surface area contributed by atoms with E-state index in [0.29, 0.717) is 10.8 Å². The van der Waals surface area contributed by atoms with Gasteiger partial charge in [0, 0.05) is 0 Å². The van der Waals surface area contributed by atoms with Crippen molar-refractivity contribution in [2.45, 2.75) is 115 Å². The standard InChI is InChI=1S/2C18H24O3S.Ca/c2*1-3-5-7-14-9-11-16-15(8-6-4-2)10-12-18(17(16)13-14)22(19,20)21;/h2*9-13H,3-8H2,1-2H3,(H,19,20,21);/q;;+2/p-2. The summed E-state index contributed by atoms with van der Waals surface area (Å²) >= 11 is 0. The SMILES string of the molecule is CCCCc1ccc2c(CCCC)ccc(S(=O)(=O)[O-])c2c1.CCCCc1ccc2c(CCCC)ccc(S(=O)(=O)[O-])c2c1.[Ca+2]. The smallest absolute Gasteiger partial charge is 0.744 e. The van der Waals surface area contributed by atoms with Gasteiger partial charge in [-0.05, 0) is 119 Å². The maximum atomic E-state index is 11.5. The summed E-state index contributed by atoms with van der Waals surface area (Å²) in [7, 11) is -8.91. The van der Waals surface area contributed by atoms with Gasteiger partial charge in [-0.25, -0.2) is 16.8 Å². The van der Waals surface area contributed by atoms with Crippen LogP contribution in [0.25, 0.3) is 21.5 Å². The van der Waals surface area contributed by atoms with Crippen molar-refractivity contribution in [3.63, 3.8) is 0 Å². The Morgan fingerprint density at radius 2 is 0.800 bits per heavy atom. The Morgan fingerprint density at radius 1 is 0.467 bits per heavy atom. The minimum atomic E-state index is -4.45. The summed E-state index contributed by atoms with van der Waals surface area (Å²) in [5, 5.41) is 2.95. The van der Waals surface area contributed by atoms with Gasteiger partial charge in [-0.2, -0.15) is 0 Å². The van der Waals surface area contributed by atoms with E-state index in [1.807, 2.05) is 24.3 Å². The van der Waals surface area contributed by atoms with Gasteiger partial charge in [-0.15, -0.1) is 0 Å². The van der Waals surface area contributed by atoms with E-state index in [1.54, 1.807) is 12.1 Å². The third-order valence-electron chi connectivity index (χ3n) is 8.04. The van der Waals surface area contributed by atoms with Crippen LogP contribution >= 0.6 is 0 Å². The van der Waals surface area contributed by atoms with Crippen LogP contribution in [0.4, 0.5) is 0 Å². The fourth-order valence-electron chi connectivity index (χ4n) is 5.54. The number of unbranched alkanes of at least 4 members (excludes halogenated alkanes) is 4. The summed E-state index contributed by atoms with van der Waals surface area (Å²) < 4.78 is 69.3. The van der Waals surface area contributed by atoms with Crippen molar-refractivity contribution in [1.82, 2.24) is 0 Å². The predicted molar refractivity (Wildman–Crippen MR) is 184 cm³/mol. The molecule has 4 aromatic rings. The molecule has 0 aliphatic rings. The van der Waals surface area contributed by atoms with E-state index in [0.717, 1.165) is 110 Å². The number of hydrogen-bond acceptors (Lipinski definition) is 6. The summed E-state index contributed by atoms with van der Waals surface area (Å²) in [6.45, 7) is 8.50. The molecule has 9 heteroatoms. The van der Waals surface area contributed by atoms with Crippen LogP contribution in [0.3, 0.4) is 0 Å². The first kappa shape index (κ1) is 39.7. The molecule has 0 unspecified atom stereocenters. The minimum absolute atomic E-state index is 0. The number of benzene rings is 4. The molecular formula is C36H46CaO6S2. The molecule has 0 aliphatic heterocycles. The van der Waals surface area contributed by atoms with Crippen molar-refractivity contribution in [3.8, 4) is 0 Å². The minimum Gasteiger partial charge on any atom is -0.744 e. The molecule has 0 amide bonds. The Balaban J connectivity index is 0.000000307. The van der Waals surface area contributed by atoms with Crippen molar-refractivity contribution in [1.29, 1.82) is 0 Å². The van der Waals surface area contributed by atoms with E-state index >= 15 is 0 Å². The molecule has 4 rings (SSSR count). The Labute approximate surface area is 300 Å². The number of aryl methyl sites for hydroxylation is 4. The summed E-state index contributed by atoms with van der Waals surface area (Å²) in [5.41, 5.74) is 4.41. The second-order valence-electron chi connectivity index (χ2n) is 11.5. The maximum absolute atomic E-state index is 11.5. The number of fused-ring (bicyclic) bond motifs is 2. The van der Waals surface area contributed by atoms with Gasteiger partial charge >= 0.3 is 37.7 Å². The monoisotopic (exact) mass is 678 g/mol. The van der Waals surface area contributed by atoms with Crippen molar-refractivity contribution < 1.29 is 25.9 Å². The molecule has 0 spiro atoms. The number of hydrogen-bond donors (Lipinski definition) is 0. The Hall–Kier alpha value is -1.52. The number of rotatable bonds is 14. The zero-order chi connectivity index (χ0) is 32.3. The topological polar surface area (TPSA) is 114 Å². The molecule has 0 aliphatic carbocycles. The largest absolute Gasteiger partial charge is 2.00 e. The molecule has 240 valence electrons. The van der Waals surface area contributed by atoms with Gasteiger partial charge in [-0.3, -0.25) is 0 Å². The summed E-state index contributed by atoms with van der Waals surface area (Å²) in [4.78, 5) is -0.192. The van der Waals surface area contributed by atoms with Gasteiger partial charge < -0.3 is 9.11 Å². The van der Waals surface area contributed by atoms with Crippen molar-refractivity contribution in [3.05, 3.63) is 82.9 Å². The van der Waals surface area contributed by atoms with Crippen LogP contribution < -0.4 is 0 Å². The van der Waals surface area contributed by atoms with E-state index in [4.69, 9.17) is 0 Å². The van der Waals surface area contributed by atoms with Gasteiger partial charge in [0.25, 0.3) is 0 Å². The Kier molecular flexibility index (Phi) is 16.5. The van der Waals surface area contributed by atoms with Gasteiger partial charge in [0.15, 0.2) is 0 Å². The van der Waals surface area contributed by atoms with Crippen LogP contribution in [0.15, 0.2) is 70.5 Å². The molecule has 0 saturated heterocycles. The van der Waals surface area contributed by atoms with Gasteiger partial charge in [0.1, 0.15) is 20.2 Å². The van der Waals surface area contributed by atoms with Crippen molar-refractivity contribution in [2.24, 2.45) is 0 Å². The quantitative estimate of drug-likeness (QED) is 0.0976. The first-order valence-corrected chi connectivity index (χ1v) is 18.8. The normalized spacial score (nSPS) is 11.7. The van der Waals surface area contributed by atoms with Crippen LogP contribution in [0.5, 0.6) is 0 Å². The molecule has 0 radical (unpaired) electrons. The Morgan fingerprint density at radius 3 is 1.11 bits per heavy atom. The fraction of sp³-hybridized carbons (Fsp3) is 0.444. The molecule has 0 bridgehead atoms. The average molecular weight is 679 g/mol. The molecular weight excluding hydrogens is 633 g/mol. The average Bonchev–Trinajstić information content (AvgIpc) is 2.99. The first-order chi connectivity index (χ1) is 20.9. The molecule has 0 aromatic heterocycles. The molecule has 4 aromatic carbocycles. The van der Waals surface area contributed by atoms with Crippen LogP contribution in [-0.2, 0) is 45.9 Å². The molecule has 0 saturated carbocycles. The molecule has 45 heavy (non-hydrogen) atoms. The van der Waals surface area contributed by atoms with Crippen LogP contribution in [0, 0.1) is 0 Å². The van der Waals surface area contributed by atoms with Crippen LogP contribution in [0.1, 0.15) is 101 Å². The molecule has 0 heterocycles. The molecule has 6 nitrogen and oxygen atoms in total. The van der Waals surface area contributed by atoms with Crippen LogP contribution in [0.2, 0.25) is 0 Å². The predicted octanol–water partition coefficient (Wildman–Crippen LogP) is 8.48. The van der Waals surface area contributed by atoms with E-state index in [-0.39, 0.29) is 47.5 Å². The van der Waals surface area contributed by atoms with E-state index in [1.165, 1.54) is 12.1 Å². The second kappa shape index (κ2) is 18.7. The Bertz CT molecular complexity index is 1630. The third-order valence-corrected chi connectivity index (χ3v) is 9.83. The molecule has 0 fully saturated rings. The maximum Gasteiger partial charge on any atom is 2.00 e. The van der Waals surface area contributed by atoms with Gasteiger partial charge in [-0.1, -0.05) is 89.8 Å². The zero-order valence-corrected chi connectivity index (χ0v) is 31.1. The van der Waals surface area contributed by atoms with Gasteiger partial charge in [0.05, 0.1) is 9.79 Å². The molecule has 0 N–H and O–H groups in total.